The SMILES string of the molecule is NNC(Cc1cccc(Cl)c1Cl)c1ccccc1Br. The molecule has 0 spiro atoms. The first-order chi connectivity index (χ1) is 9.13. The number of halogens is 3. The fourth-order valence-corrected chi connectivity index (χ4v) is 2.90. The van der Waals surface area contributed by atoms with Crippen molar-refractivity contribution in [2.45, 2.75) is 12.5 Å². The van der Waals surface area contributed by atoms with Crippen molar-refractivity contribution >= 4 is 39.1 Å². The molecule has 0 amide bonds. The molecule has 0 aliphatic carbocycles. The lowest BCUT2D eigenvalue weighted by Crippen LogP contribution is -2.29. The highest BCUT2D eigenvalue weighted by Crippen LogP contribution is 2.31. The number of nitrogens with two attached hydrogens (primary N) is 1. The van der Waals surface area contributed by atoms with Gasteiger partial charge < -0.3 is 0 Å². The molecule has 5 heteroatoms. The van der Waals surface area contributed by atoms with E-state index in [2.05, 4.69) is 21.4 Å². The Morgan fingerprint density at radius 1 is 1.11 bits per heavy atom. The average molecular weight is 360 g/mol. The zero-order chi connectivity index (χ0) is 13.8. The van der Waals surface area contributed by atoms with Gasteiger partial charge in [-0.2, -0.15) is 0 Å². The minimum absolute atomic E-state index is 0.0356. The second-order valence-corrected chi connectivity index (χ2v) is 5.80. The van der Waals surface area contributed by atoms with Crippen LogP contribution in [0, 0.1) is 0 Å². The Hall–Kier alpha value is -0.580. The third-order valence-electron chi connectivity index (χ3n) is 2.94. The van der Waals surface area contributed by atoms with Crippen LogP contribution in [0.3, 0.4) is 0 Å². The van der Waals surface area contributed by atoms with Gasteiger partial charge in [0, 0.05) is 4.47 Å². The summed E-state index contributed by atoms with van der Waals surface area (Å²) in [6.45, 7) is 0. The Balaban J connectivity index is 2.30. The minimum Gasteiger partial charge on any atom is -0.271 e. The summed E-state index contributed by atoms with van der Waals surface area (Å²) >= 11 is 15.8. The highest BCUT2D eigenvalue weighted by atomic mass is 79.9. The minimum atomic E-state index is -0.0356. The Bertz CT molecular complexity index is 575. The van der Waals surface area contributed by atoms with Crippen molar-refractivity contribution in [3.05, 3.63) is 68.1 Å². The number of hydrogen-bond donors (Lipinski definition) is 2. The summed E-state index contributed by atoms with van der Waals surface area (Å²) in [5.74, 6) is 5.66. The molecule has 0 saturated heterocycles. The summed E-state index contributed by atoms with van der Waals surface area (Å²) in [6, 6.07) is 13.5. The van der Waals surface area contributed by atoms with E-state index < -0.39 is 0 Å². The number of benzene rings is 2. The first-order valence-electron chi connectivity index (χ1n) is 5.77. The van der Waals surface area contributed by atoms with Gasteiger partial charge in [-0.3, -0.25) is 11.3 Å². The molecule has 0 bridgehead atoms. The topological polar surface area (TPSA) is 38.0 Å². The lowest BCUT2D eigenvalue weighted by Gasteiger charge is -2.18. The molecule has 2 nitrogen and oxygen atoms in total. The molecule has 2 rings (SSSR count). The van der Waals surface area contributed by atoms with Crippen LogP contribution in [-0.4, -0.2) is 0 Å². The van der Waals surface area contributed by atoms with Gasteiger partial charge in [-0.05, 0) is 29.7 Å². The molecule has 0 heterocycles. The van der Waals surface area contributed by atoms with Crippen molar-refractivity contribution in [1.82, 2.24) is 5.43 Å². The lowest BCUT2D eigenvalue weighted by atomic mass is 9.99. The van der Waals surface area contributed by atoms with Gasteiger partial charge in [0.2, 0.25) is 0 Å². The van der Waals surface area contributed by atoms with E-state index in [0.717, 1.165) is 15.6 Å². The normalized spacial score (nSPS) is 12.4. The molecule has 2 aromatic carbocycles. The number of rotatable bonds is 4. The van der Waals surface area contributed by atoms with Crippen molar-refractivity contribution in [2.24, 2.45) is 5.84 Å². The molecular formula is C14H13BrCl2N2. The third kappa shape index (κ3) is 3.50. The molecule has 0 saturated carbocycles. The van der Waals surface area contributed by atoms with Gasteiger partial charge in [0.05, 0.1) is 16.1 Å². The highest BCUT2D eigenvalue weighted by Gasteiger charge is 2.15. The van der Waals surface area contributed by atoms with Crippen molar-refractivity contribution < 1.29 is 0 Å². The standard InChI is InChI=1S/C14H13BrCl2N2/c15-11-6-2-1-5-10(11)13(19-18)8-9-4-3-7-12(16)14(9)17/h1-7,13,19H,8,18H2. The molecule has 1 atom stereocenters. The Labute approximate surface area is 131 Å². The van der Waals surface area contributed by atoms with E-state index in [9.17, 15) is 0 Å². The van der Waals surface area contributed by atoms with E-state index in [4.69, 9.17) is 29.0 Å². The summed E-state index contributed by atoms with van der Waals surface area (Å²) in [4.78, 5) is 0. The molecule has 0 aromatic heterocycles. The predicted molar refractivity (Wildman–Crippen MR) is 84.4 cm³/mol. The van der Waals surface area contributed by atoms with Gasteiger partial charge in [-0.1, -0.05) is 69.5 Å². The van der Waals surface area contributed by atoms with Crippen LogP contribution in [0.1, 0.15) is 17.2 Å². The second kappa shape index (κ2) is 6.73. The fraction of sp³-hybridized carbons (Fsp3) is 0.143. The third-order valence-corrected chi connectivity index (χ3v) is 4.52. The number of nitrogens with one attached hydrogen (secondary N) is 1. The van der Waals surface area contributed by atoms with Crippen LogP contribution >= 0.6 is 39.1 Å². The van der Waals surface area contributed by atoms with E-state index in [1.54, 1.807) is 6.07 Å². The van der Waals surface area contributed by atoms with Gasteiger partial charge in [0.25, 0.3) is 0 Å². The largest absolute Gasteiger partial charge is 0.271 e. The Morgan fingerprint density at radius 3 is 2.53 bits per heavy atom. The predicted octanol–water partition coefficient (Wildman–Crippen LogP) is 4.50. The lowest BCUT2D eigenvalue weighted by molar-refractivity contribution is 0.550. The van der Waals surface area contributed by atoms with Gasteiger partial charge >= 0.3 is 0 Å². The van der Waals surface area contributed by atoms with E-state index >= 15 is 0 Å². The van der Waals surface area contributed by atoms with E-state index in [1.165, 1.54) is 0 Å². The van der Waals surface area contributed by atoms with E-state index in [1.807, 2.05) is 36.4 Å². The molecule has 19 heavy (non-hydrogen) atoms. The van der Waals surface area contributed by atoms with Crippen molar-refractivity contribution in [1.29, 1.82) is 0 Å². The summed E-state index contributed by atoms with van der Waals surface area (Å²) in [5.41, 5.74) is 4.87. The zero-order valence-electron chi connectivity index (χ0n) is 10.0. The average Bonchev–Trinajstić information content (AvgIpc) is 2.41. The molecule has 1 unspecified atom stereocenters. The smallest absolute Gasteiger partial charge is 0.0624 e. The Kier molecular flexibility index (Phi) is 5.25. The molecule has 0 aliphatic rings. The number of hydrazine groups is 1. The summed E-state index contributed by atoms with van der Waals surface area (Å²) < 4.78 is 1.01. The maximum atomic E-state index is 6.21. The quantitative estimate of drug-likeness (QED) is 0.622. The van der Waals surface area contributed by atoms with Crippen LogP contribution in [0.2, 0.25) is 10.0 Å². The van der Waals surface area contributed by atoms with Gasteiger partial charge in [-0.15, -0.1) is 0 Å². The molecule has 100 valence electrons. The van der Waals surface area contributed by atoms with Gasteiger partial charge in [-0.25, -0.2) is 0 Å². The summed E-state index contributed by atoms with van der Waals surface area (Å²) in [6.07, 6.45) is 0.665. The zero-order valence-corrected chi connectivity index (χ0v) is 13.1. The fourth-order valence-electron chi connectivity index (χ4n) is 1.94. The molecule has 3 N–H and O–H groups in total. The maximum Gasteiger partial charge on any atom is 0.0624 e. The Morgan fingerprint density at radius 2 is 1.84 bits per heavy atom. The van der Waals surface area contributed by atoms with Crippen molar-refractivity contribution in [3.63, 3.8) is 0 Å². The molecule has 2 aromatic rings. The van der Waals surface area contributed by atoms with E-state index in [-0.39, 0.29) is 6.04 Å². The van der Waals surface area contributed by atoms with E-state index in [0.29, 0.717) is 16.5 Å². The van der Waals surface area contributed by atoms with Gasteiger partial charge in [0.15, 0.2) is 0 Å². The van der Waals surface area contributed by atoms with Crippen molar-refractivity contribution in [3.8, 4) is 0 Å². The molecule has 0 aliphatic heterocycles. The summed E-state index contributed by atoms with van der Waals surface area (Å²) in [7, 11) is 0. The van der Waals surface area contributed by atoms with Crippen LogP contribution < -0.4 is 11.3 Å². The number of hydrogen-bond acceptors (Lipinski definition) is 2. The molecular weight excluding hydrogens is 347 g/mol. The van der Waals surface area contributed by atoms with Crippen LogP contribution in [-0.2, 0) is 6.42 Å². The van der Waals surface area contributed by atoms with Crippen LogP contribution in [0.15, 0.2) is 46.9 Å². The highest BCUT2D eigenvalue weighted by molar-refractivity contribution is 9.10. The molecule has 0 fully saturated rings. The van der Waals surface area contributed by atoms with Crippen LogP contribution in [0.25, 0.3) is 0 Å². The van der Waals surface area contributed by atoms with Gasteiger partial charge in [0.1, 0.15) is 0 Å². The monoisotopic (exact) mass is 358 g/mol. The first kappa shape index (κ1) is 14.8. The van der Waals surface area contributed by atoms with Crippen molar-refractivity contribution in [2.75, 3.05) is 0 Å². The maximum absolute atomic E-state index is 6.21. The second-order valence-electron chi connectivity index (χ2n) is 4.16. The summed E-state index contributed by atoms with van der Waals surface area (Å²) in [5, 5.41) is 1.14. The first-order valence-corrected chi connectivity index (χ1v) is 7.32. The van der Waals surface area contributed by atoms with Crippen LogP contribution in [0.5, 0.6) is 0 Å². The van der Waals surface area contributed by atoms with Crippen LogP contribution in [0.4, 0.5) is 0 Å². The molecule has 0 radical (unpaired) electrons.